The van der Waals surface area contributed by atoms with E-state index in [1.807, 2.05) is 68.4 Å². The first-order valence-electron chi connectivity index (χ1n) is 12.0. The lowest BCUT2D eigenvalue weighted by atomic mass is 10.1. The van der Waals surface area contributed by atoms with Gasteiger partial charge in [0.25, 0.3) is 0 Å². The van der Waals surface area contributed by atoms with Gasteiger partial charge in [-0.3, -0.25) is 9.59 Å². The lowest BCUT2D eigenvalue weighted by Gasteiger charge is -2.15. The summed E-state index contributed by atoms with van der Waals surface area (Å²) < 4.78 is 12.6. The van der Waals surface area contributed by atoms with E-state index in [1.54, 1.807) is 18.3 Å². The lowest BCUT2D eigenvalue weighted by molar-refractivity contribution is -0.122. The van der Waals surface area contributed by atoms with Crippen LogP contribution in [0.4, 0.5) is 5.69 Å². The Morgan fingerprint density at radius 3 is 2.66 bits per heavy atom. The Balaban J connectivity index is 1.39. The first kappa shape index (κ1) is 27.4. The summed E-state index contributed by atoms with van der Waals surface area (Å²) in [5.41, 5.74) is 3.67. The van der Waals surface area contributed by atoms with E-state index in [4.69, 9.17) is 9.47 Å². The molecule has 38 heavy (non-hydrogen) atoms. The number of ether oxygens (including phenoxy) is 2. The van der Waals surface area contributed by atoms with Crippen LogP contribution in [0.5, 0.6) is 11.5 Å². The van der Waals surface area contributed by atoms with Crippen molar-refractivity contribution in [2.75, 3.05) is 11.9 Å². The molecule has 1 saturated heterocycles. The Bertz CT molecular complexity index is 1360. The lowest BCUT2D eigenvalue weighted by Crippen LogP contribution is -2.28. The molecule has 0 bridgehead atoms. The number of halogens is 1. The van der Waals surface area contributed by atoms with Crippen molar-refractivity contribution in [1.29, 1.82) is 0 Å². The number of amides is 2. The molecule has 196 valence electrons. The van der Waals surface area contributed by atoms with Crippen LogP contribution in [0.2, 0.25) is 0 Å². The molecule has 1 fully saturated rings. The molecule has 1 aliphatic rings. The molecule has 0 spiro atoms. The molecule has 0 aromatic heterocycles. The summed E-state index contributed by atoms with van der Waals surface area (Å²) in [6.07, 6.45) is 1.59. The molecular weight excluding hydrogens is 568 g/mol. The van der Waals surface area contributed by atoms with E-state index in [2.05, 4.69) is 36.8 Å². The van der Waals surface area contributed by atoms with Crippen molar-refractivity contribution in [2.45, 2.75) is 32.1 Å². The van der Waals surface area contributed by atoms with Crippen LogP contribution in [0.25, 0.3) is 0 Å². The summed E-state index contributed by atoms with van der Waals surface area (Å²) in [5.74, 6) is 0.668. The van der Waals surface area contributed by atoms with E-state index in [0.29, 0.717) is 35.6 Å². The third kappa shape index (κ3) is 7.45. The Labute approximate surface area is 234 Å². The molecule has 0 saturated carbocycles. The monoisotopic (exact) mass is 594 g/mol. The number of nitrogens with one attached hydrogen (secondary N) is 2. The Kier molecular flexibility index (Phi) is 9.56. The fourth-order valence-corrected chi connectivity index (χ4v) is 5.12. The molecule has 1 atom stereocenters. The highest BCUT2D eigenvalue weighted by atomic mass is 79.9. The van der Waals surface area contributed by atoms with Crippen LogP contribution in [-0.4, -0.2) is 35.1 Å². The summed E-state index contributed by atoms with van der Waals surface area (Å²) in [4.78, 5) is 24.6. The van der Waals surface area contributed by atoms with Gasteiger partial charge in [0.15, 0.2) is 16.7 Å². The number of hydrogen-bond donors (Lipinski definition) is 2. The molecule has 10 heteroatoms. The molecule has 1 aliphatic heterocycles. The Morgan fingerprint density at radius 1 is 1.13 bits per heavy atom. The van der Waals surface area contributed by atoms with Crippen molar-refractivity contribution in [3.8, 4) is 11.5 Å². The van der Waals surface area contributed by atoms with Gasteiger partial charge in [0.1, 0.15) is 11.9 Å². The minimum atomic E-state index is -0.573. The number of benzene rings is 3. The summed E-state index contributed by atoms with van der Waals surface area (Å²) in [7, 11) is 0. The fraction of sp³-hybridized carbons (Fsp3) is 0.214. The molecule has 0 radical (unpaired) electrons. The van der Waals surface area contributed by atoms with Gasteiger partial charge in [-0.2, -0.15) is 5.10 Å². The number of aryl methyl sites for hydroxylation is 1. The zero-order valence-corrected chi connectivity index (χ0v) is 23.3. The van der Waals surface area contributed by atoms with E-state index in [9.17, 15) is 9.59 Å². The number of para-hydroxylation sites is 1. The van der Waals surface area contributed by atoms with Crippen LogP contribution in [-0.2, 0) is 16.2 Å². The van der Waals surface area contributed by atoms with E-state index < -0.39 is 5.25 Å². The van der Waals surface area contributed by atoms with Crippen LogP contribution in [0, 0.1) is 6.92 Å². The molecule has 3 aromatic carbocycles. The summed E-state index contributed by atoms with van der Waals surface area (Å²) >= 11 is 4.76. The van der Waals surface area contributed by atoms with Crippen molar-refractivity contribution in [1.82, 2.24) is 5.32 Å². The van der Waals surface area contributed by atoms with E-state index >= 15 is 0 Å². The number of nitrogens with zero attached hydrogens (tertiary/aromatic N) is 2. The summed E-state index contributed by atoms with van der Waals surface area (Å²) in [6, 6.07) is 20.8. The van der Waals surface area contributed by atoms with Gasteiger partial charge in [-0.05, 0) is 70.7 Å². The summed E-state index contributed by atoms with van der Waals surface area (Å²) in [5, 5.41) is 13.5. The van der Waals surface area contributed by atoms with Gasteiger partial charge in [-0.25, -0.2) is 0 Å². The highest BCUT2D eigenvalue weighted by Gasteiger charge is 2.32. The number of thioether (sulfide) groups is 1. The number of amidine groups is 1. The van der Waals surface area contributed by atoms with Gasteiger partial charge < -0.3 is 20.1 Å². The maximum atomic E-state index is 12.3. The highest BCUT2D eigenvalue weighted by Crippen LogP contribution is 2.37. The maximum Gasteiger partial charge on any atom is 0.240 e. The minimum absolute atomic E-state index is 0.0305. The van der Waals surface area contributed by atoms with Crippen molar-refractivity contribution in [2.24, 2.45) is 10.2 Å². The molecule has 8 nitrogen and oxygen atoms in total. The Hall–Kier alpha value is -3.63. The van der Waals surface area contributed by atoms with Crippen molar-refractivity contribution < 1.29 is 19.1 Å². The second-order valence-corrected chi connectivity index (χ2v) is 10.4. The third-order valence-electron chi connectivity index (χ3n) is 5.53. The predicted molar refractivity (Wildman–Crippen MR) is 155 cm³/mol. The maximum absolute atomic E-state index is 12.3. The van der Waals surface area contributed by atoms with E-state index in [0.717, 1.165) is 21.2 Å². The van der Waals surface area contributed by atoms with Crippen LogP contribution < -0.4 is 20.1 Å². The van der Waals surface area contributed by atoms with Gasteiger partial charge >= 0.3 is 0 Å². The predicted octanol–water partition coefficient (Wildman–Crippen LogP) is 5.69. The van der Waals surface area contributed by atoms with Crippen molar-refractivity contribution in [3.63, 3.8) is 0 Å². The number of rotatable bonds is 10. The molecule has 2 amide bonds. The number of anilines is 1. The molecule has 1 heterocycles. The molecule has 3 aromatic rings. The zero-order valence-electron chi connectivity index (χ0n) is 20.9. The Morgan fingerprint density at radius 2 is 1.89 bits per heavy atom. The largest absolute Gasteiger partial charge is 0.490 e. The average Bonchev–Trinajstić information content (AvgIpc) is 3.23. The highest BCUT2D eigenvalue weighted by molar-refractivity contribution is 9.10. The third-order valence-corrected chi connectivity index (χ3v) is 7.19. The SMILES string of the molecule is CCOc1cc(C=NN=C2NC(=O)C(CC(=O)Nc3ccccc3)S2)cc(Br)c1OCc1ccccc1C. The second-order valence-electron chi connectivity index (χ2n) is 8.34. The van der Waals surface area contributed by atoms with Gasteiger partial charge in [0, 0.05) is 12.1 Å². The first-order valence-corrected chi connectivity index (χ1v) is 13.7. The molecule has 1 unspecified atom stereocenters. The van der Waals surface area contributed by atoms with Gasteiger partial charge in [-0.15, -0.1) is 5.10 Å². The standard InChI is InChI=1S/C28H27BrN4O4S/c1-3-36-23-14-19(13-22(29)26(23)37-17-20-10-8-7-9-18(20)2)16-30-33-28-32-27(35)24(38-28)15-25(34)31-21-11-5-4-6-12-21/h4-14,16,24H,3,15,17H2,1-2H3,(H,31,34)(H,32,33,35). The quantitative estimate of drug-likeness (QED) is 0.232. The van der Waals surface area contributed by atoms with Gasteiger partial charge in [0.05, 0.1) is 17.3 Å². The second kappa shape index (κ2) is 13.3. The number of hydrogen-bond acceptors (Lipinski definition) is 7. The number of carbonyl (C=O) groups is 2. The molecule has 4 rings (SSSR count). The fourth-order valence-electron chi connectivity index (χ4n) is 3.62. The van der Waals surface area contributed by atoms with Crippen LogP contribution in [0.3, 0.4) is 0 Å². The topological polar surface area (TPSA) is 101 Å². The van der Waals surface area contributed by atoms with E-state index in [-0.39, 0.29) is 18.2 Å². The molecule has 2 N–H and O–H groups in total. The van der Waals surface area contributed by atoms with Crippen LogP contribution in [0.1, 0.15) is 30.0 Å². The first-order chi connectivity index (χ1) is 18.4. The smallest absolute Gasteiger partial charge is 0.240 e. The van der Waals surface area contributed by atoms with E-state index in [1.165, 1.54) is 11.8 Å². The van der Waals surface area contributed by atoms with Crippen molar-refractivity contribution in [3.05, 3.63) is 87.9 Å². The molecule has 0 aliphatic carbocycles. The normalized spacial score (nSPS) is 16.0. The van der Waals surface area contributed by atoms with Gasteiger partial charge in [0.2, 0.25) is 11.8 Å². The minimum Gasteiger partial charge on any atom is -0.490 e. The number of carbonyl (C=O) groups excluding carboxylic acids is 2. The van der Waals surface area contributed by atoms with Crippen LogP contribution in [0.15, 0.2) is 81.4 Å². The molecular formula is C28H27BrN4O4S. The van der Waals surface area contributed by atoms with Gasteiger partial charge in [-0.1, -0.05) is 54.2 Å². The average molecular weight is 596 g/mol. The summed E-state index contributed by atoms with van der Waals surface area (Å²) in [6.45, 7) is 4.83. The van der Waals surface area contributed by atoms with Crippen molar-refractivity contribution >= 4 is 56.6 Å². The van der Waals surface area contributed by atoms with Crippen LogP contribution >= 0.6 is 27.7 Å². The zero-order chi connectivity index (χ0) is 26.9.